The molecular weight excluding hydrogens is 395 g/mol. The number of hydrogen-bond donors (Lipinski definition) is 0. The Balaban J connectivity index is 1.67. The van der Waals surface area contributed by atoms with Gasteiger partial charge < -0.3 is 4.57 Å². The molecule has 1 heterocycles. The molecule has 31 heavy (non-hydrogen) atoms. The van der Waals surface area contributed by atoms with Crippen molar-refractivity contribution < 1.29 is 4.57 Å². The van der Waals surface area contributed by atoms with Crippen molar-refractivity contribution in [3.8, 4) is 33.4 Å². The molecule has 148 valence electrons. The highest BCUT2D eigenvalue weighted by molar-refractivity contribution is 7.79. The maximum atomic E-state index is 14.1. The number of fused-ring (bicyclic) bond motifs is 4. The molecule has 0 amide bonds. The predicted octanol–water partition coefficient (Wildman–Crippen LogP) is 7.10. The van der Waals surface area contributed by atoms with Crippen LogP contribution < -0.4 is 10.6 Å². The maximum Gasteiger partial charge on any atom is 0.142 e. The Hall–Kier alpha value is -3.41. The Labute approximate surface area is 182 Å². The topological polar surface area (TPSA) is 17.1 Å². The molecule has 0 N–H and O–H groups in total. The molecule has 6 rings (SSSR count). The lowest BCUT2D eigenvalue weighted by molar-refractivity contribution is 0.591. The molecule has 0 bridgehead atoms. The van der Waals surface area contributed by atoms with E-state index >= 15 is 0 Å². The van der Waals surface area contributed by atoms with Crippen LogP contribution in [0.3, 0.4) is 0 Å². The van der Waals surface area contributed by atoms with Gasteiger partial charge >= 0.3 is 0 Å². The highest BCUT2D eigenvalue weighted by Crippen LogP contribution is 2.52. The first kappa shape index (κ1) is 18.4. The Kier molecular flexibility index (Phi) is 4.03. The summed E-state index contributed by atoms with van der Waals surface area (Å²) in [4.78, 5) is 0. The van der Waals surface area contributed by atoms with Crippen LogP contribution in [-0.4, -0.2) is 6.66 Å². The van der Waals surface area contributed by atoms with Crippen LogP contribution in [0.15, 0.2) is 109 Å². The molecule has 5 aromatic carbocycles. The number of benzene rings is 5. The summed E-state index contributed by atoms with van der Waals surface area (Å²) in [7, 11) is -2.67. The van der Waals surface area contributed by atoms with Crippen LogP contribution in [0.4, 0.5) is 0 Å². The van der Waals surface area contributed by atoms with Crippen LogP contribution in [0.2, 0.25) is 0 Å². The fourth-order valence-electron chi connectivity index (χ4n) is 4.97. The SMILES string of the molecule is CP1(=O)c2ccccc2-c2cccc(-c3cc(-c4ccccc4)c4ccccc4c3)c21. The molecule has 0 radical (unpaired) electrons. The minimum absolute atomic E-state index is 0.974. The van der Waals surface area contributed by atoms with Crippen molar-refractivity contribution in [1.29, 1.82) is 0 Å². The van der Waals surface area contributed by atoms with Gasteiger partial charge in [-0.05, 0) is 63.0 Å². The minimum Gasteiger partial charge on any atom is -0.314 e. The van der Waals surface area contributed by atoms with Crippen LogP contribution >= 0.6 is 7.14 Å². The quantitative estimate of drug-likeness (QED) is 0.281. The van der Waals surface area contributed by atoms with Crippen molar-refractivity contribution in [3.05, 3.63) is 109 Å². The van der Waals surface area contributed by atoms with E-state index in [2.05, 4.69) is 84.9 Å². The Morgan fingerprint density at radius 1 is 0.548 bits per heavy atom. The number of rotatable bonds is 2. The van der Waals surface area contributed by atoms with Gasteiger partial charge in [-0.25, -0.2) is 0 Å². The van der Waals surface area contributed by atoms with Gasteiger partial charge in [0.05, 0.1) is 0 Å². The largest absolute Gasteiger partial charge is 0.314 e. The predicted molar refractivity (Wildman–Crippen MR) is 133 cm³/mol. The van der Waals surface area contributed by atoms with Gasteiger partial charge in [-0.3, -0.25) is 0 Å². The highest BCUT2D eigenvalue weighted by Gasteiger charge is 2.36. The molecule has 1 aliphatic rings. The first-order valence-corrected chi connectivity index (χ1v) is 12.7. The molecular formula is C29H21OP. The molecule has 0 saturated heterocycles. The molecule has 2 heteroatoms. The fraction of sp³-hybridized carbons (Fsp3) is 0.0345. The first-order chi connectivity index (χ1) is 15.1. The molecule has 1 aliphatic heterocycles. The second-order valence-electron chi connectivity index (χ2n) is 8.25. The standard InChI is InChI=1S/C29H21OP/c1-31(30)28-17-8-7-14-25(28)26-16-9-15-24(29(26)31)22-18-21-12-5-6-13-23(21)27(19-22)20-10-3-2-4-11-20/h2-19H,1H3. The smallest absolute Gasteiger partial charge is 0.142 e. The van der Waals surface area contributed by atoms with Crippen molar-refractivity contribution in [2.75, 3.05) is 6.66 Å². The van der Waals surface area contributed by atoms with Gasteiger partial charge in [-0.15, -0.1) is 0 Å². The van der Waals surface area contributed by atoms with Crippen molar-refractivity contribution in [1.82, 2.24) is 0 Å². The summed E-state index contributed by atoms with van der Waals surface area (Å²) in [5.41, 5.74) is 6.79. The van der Waals surface area contributed by atoms with Crippen molar-refractivity contribution in [2.24, 2.45) is 0 Å². The van der Waals surface area contributed by atoms with Crippen LogP contribution in [0.25, 0.3) is 44.2 Å². The second kappa shape index (κ2) is 6.80. The van der Waals surface area contributed by atoms with E-state index in [0.717, 1.165) is 32.9 Å². The maximum absolute atomic E-state index is 14.1. The molecule has 0 saturated carbocycles. The van der Waals surface area contributed by atoms with E-state index in [-0.39, 0.29) is 0 Å². The van der Waals surface area contributed by atoms with E-state index in [1.165, 1.54) is 21.9 Å². The monoisotopic (exact) mass is 416 g/mol. The lowest BCUT2D eigenvalue weighted by Crippen LogP contribution is -2.11. The summed E-state index contributed by atoms with van der Waals surface area (Å²) in [6.07, 6.45) is 0. The van der Waals surface area contributed by atoms with Gasteiger partial charge in [-0.1, -0.05) is 97.1 Å². The van der Waals surface area contributed by atoms with Crippen LogP contribution in [-0.2, 0) is 4.57 Å². The molecule has 0 aliphatic carbocycles. The molecule has 0 spiro atoms. The average Bonchev–Trinajstić information content (AvgIpc) is 3.06. The zero-order valence-corrected chi connectivity index (χ0v) is 18.1. The van der Waals surface area contributed by atoms with Crippen LogP contribution in [0.5, 0.6) is 0 Å². The summed E-state index contributed by atoms with van der Waals surface area (Å²) in [6, 6.07) is 38.0. The summed E-state index contributed by atoms with van der Waals surface area (Å²) in [6.45, 7) is 1.92. The fourth-order valence-corrected chi connectivity index (χ4v) is 7.55. The third kappa shape index (κ3) is 2.74. The number of hydrogen-bond acceptors (Lipinski definition) is 1. The van der Waals surface area contributed by atoms with Crippen LogP contribution in [0.1, 0.15) is 0 Å². The molecule has 1 unspecified atom stereocenters. The van der Waals surface area contributed by atoms with E-state index < -0.39 is 7.14 Å². The van der Waals surface area contributed by atoms with E-state index in [4.69, 9.17) is 0 Å². The van der Waals surface area contributed by atoms with Gasteiger partial charge in [0.25, 0.3) is 0 Å². The third-order valence-corrected chi connectivity index (χ3v) is 9.02. The highest BCUT2D eigenvalue weighted by atomic mass is 31.2. The zero-order chi connectivity index (χ0) is 21.0. The second-order valence-corrected chi connectivity index (χ2v) is 11.0. The van der Waals surface area contributed by atoms with E-state index in [1.54, 1.807) is 0 Å². The van der Waals surface area contributed by atoms with Gasteiger partial charge in [0.1, 0.15) is 7.14 Å². The third-order valence-electron chi connectivity index (χ3n) is 6.37. The molecule has 0 fully saturated rings. The summed E-state index contributed by atoms with van der Waals surface area (Å²) >= 11 is 0. The van der Waals surface area contributed by atoms with Crippen molar-refractivity contribution in [3.63, 3.8) is 0 Å². The molecule has 0 aromatic heterocycles. The lowest BCUT2D eigenvalue weighted by Gasteiger charge is -2.16. The zero-order valence-electron chi connectivity index (χ0n) is 17.2. The summed E-state index contributed by atoms with van der Waals surface area (Å²) < 4.78 is 14.1. The summed E-state index contributed by atoms with van der Waals surface area (Å²) in [5, 5.41) is 4.39. The lowest BCUT2D eigenvalue weighted by atomic mass is 9.92. The van der Waals surface area contributed by atoms with Crippen LogP contribution in [0, 0.1) is 0 Å². The average molecular weight is 416 g/mol. The Morgan fingerprint density at radius 2 is 1.23 bits per heavy atom. The molecule has 1 atom stereocenters. The van der Waals surface area contributed by atoms with Gasteiger partial charge in [-0.2, -0.15) is 0 Å². The van der Waals surface area contributed by atoms with E-state index in [1.807, 2.05) is 30.9 Å². The van der Waals surface area contributed by atoms with E-state index in [0.29, 0.717) is 0 Å². The van der Waals surface area contributed by atoms with Crippen molar-refractivity contribution >= 4 is 28.5 Å². The Bertz CT molecular complexity index is 1520. The summed E-state index contributed by atoms with van der Waals surface area (Å²) in [5.74, 6) is 0. The first-order valence-electron chi connectivity index (χ1n) is 10.5. The van der Waals surface area contributed by atoms with Gasteiger partial charge in [0, 0.05) is 10.6 Å². The normalized spacial score (nSPS) is 16.8. The van der Waals surface area contributed by atoms with Crippen molar-refractivity contribution in [2.45, 2.75) is 0 Å². The van der Waals surface area contributed by atoms with Gasteiger partial charge in [0.2, 0.25) is 0 Å². The molecule has 5 aromatic rings. The Morgan fingerprint density at radius 3 is 2.10 bits per heavy atom. The molecule has 1 nitrogen and oxygen atoms in total. The minimum atomic E-state index is -2.67. The van der Waals surface area contributed by atoms with Gasteiger partial charge in [0.15, 0.2) is 0 Å². The van der Waals surface area contributed by atoms with E-state index in [9.17, 15) is 4.57 Å².